The van der Waals surface area contributed by atoms with E-state index in [0.717, 1.165) is 5.69 Å². The Labute approximate surface area is 182 Å². The highest BCUT2D eigenvalue weighted by molar-refractivity contribution is 6.10. The average Bonchev–Trinajstić information content (AvgIpc) is 3.11. The molecular formula is C25H18N2O5. The SMILES string of the molecule is COC(=O)c1ccc(C2c3c(oc4ccccc4c3=O)C(=O)N2c2cccc(C)n2)cc1. The third-order valence-electron chi connectivity index (χ3n) is 5.55. The summed E-state index contributed by atoms with van der Waals surface area (Å²) < 4.78 is 10.7. The van der Waals surface area contributed by atoms with Crippen LogP contribution in [0.4, 0.5) is 5.82 Å². The lowest BCUT2D eigenvalue weighted by atomic mass is 9.97. The van der Waals surface area contributed by atoms with E-state index in [1.807, 2.05) is 13.0 Å². The predicted octanol–water partition coefficient (Wildman–Crippen LogP) is 4.03. The quantitative estimate of drug-likeness (QED) is 0.460. The van der Waals surface area contributed by atoms with Crippen LogP contribution in [-0.4, -0.2) is 24.0 Å². The standard InChI is InChI=1S/C25H18N2O5/c1-14-6-5-9-19(26-14)27-21(15-10-12-16(13-11-15)25(30)31-2)20-22(28)17-7-3-4-8-18(17)32-23(20)24(27)29/h3-13,21H,1-2H3. The van der Waals surface area contributed by atoms with Crippen LogP contribution in [0.15, 0.2) is 75.9 Å². The first-order valence-electron chi connectivity index (χ1n) is 10.0. The molecule has 0 saturated heterocycles. The number of hydrogen-bond acceptors (Lipinski definition) is 6. The van der Waals surface area contributed by atoms with Crippen molar-refractivity contribution in [3.63, 3.8) is 0 Å². The van der Waals surface area contributed by atoms with Crippen molar-refractivity contribution in [2.24, 2.45) is 0 Å². The summed E-state index contributed by atoms with van der Waals surface area (Å²) in [5.41, 5.74) is 2.08. The van der Waals surface area contributed by atoms with Crippen LogP contribution in [0.25, 0.3) is 11.0 Å². The van der Waals surface area contributed by atoms with Gasteiger partial charge < -0.3 is 9.15 Å². The van der Waals surface area contributed by atoms with E-state index in [9.17, 15) is 14.4 Å². The maximum absolute atomic E-state index is 13.5. The van der Waals surface area contributed by atoms with Crippen molar-refractivity contribution in [2.45, 2.75) is 13.0 Å². The highest BCUT2D eigenvalue weighted by Crippen LogP contribution is 2.40. The maximum Gasteiger partial charge on any atom is 0.337 e. The van der Waals surface area contributed by atoms with Crippen LogP contribution in [0.1, 0.15) is 43.8 Å². The minimum absolute atomic E-state index is 0.000879. The van der Waals surface area contributed by atoms with Gasteiger partial charge in [-0.25, -0.2) is 9.78 Å². The van der Waals surface area contributed by atoms with Gasteiger partial charge in [0.1, 0.15) is 11.4 Å². The number of ether oxygens (including phenoxy) is 1. The molecule has 0 aliphatic carbocycles. The van der Waals surface area contributed by atoms with Gasteiger partial charge in [-0.2, -0.15) is 0 Å². The van der Waals surface area contributed by atoms with Gasteiger partial charge in [0.25, 0.3) is 5.91 Å². The number of carbonyl (C=O) groups excluding carboxylic acids is 2. The predicted molar refractivity (Wildman–Crippen MR) is 118 cm³/mol. The van der Waals surface area contributed by atoms with Gasteiger partial charge in [0.2, 0.25) is 5.76 Å². The average molecular weight is 426 g/mol. The van der Waals surface area contributed by atoms with E-state index in [1.54, 1.807) is 60.7 Å². The summed E-state index contributed by atoms with van der Waals surface area (Å²) in [5, 5.41) is 0.397. The van der Waals surface area contributed by atoms with Crippen LogP contribution in [0.5, 0.6) is 0 Å². The van der Waals surface area contributed by atoms with E-state index >= 15 is 0 Å². The summed E-state index contributed by atoms with van der Waals surface area (Å²) in [6.45, 7) is 1.83. The number of nitrogens with zero attached hydrogens (tertiary/aromatic N) is 2. The topological polar surface area (TPSA) is 89.7 Å². The molecule has 2 aromatic carbocycles. The molecule has 2 aromatic heterocycles. The zero-order valence-electron chi connectivity index (χ0n) is 17.4. The number of esters is 1. The Hall–Kier alpha value is -4.26. The van der Waals surface area contributed by atoms with Crippen LogP contribution < -0.4 is 10.3 Å². The summed E-state index contributed by atoms with van der Waals surface area (Å²) >= 11 is 0. The van der Waals surface area contributed by atoms with Gasteiger partial charge in [-0.05, 0) is 48.9 Å². The van der Waals surface area contributed by atoms with Gasteiger partial charge in [-0.15, -0.1) is 0 Å². The van der Waals surface area contributed by atoms with E-state index in [-0.39, 0.29) is 16.8 Å². The van der Waals surface area contributed by atoms with Crippen molar-refractivity contribution in [3.8, 4) is 0 Å². The van der Waals surface area contributed by atoms with Crippen LogP contribution in [0.2, 0.25) is 0 Å². The second-order valence-electron chi connectivity index (χ2n) is 7.50. The minimum Gasteiger partial charge on any atom is -0.465 e. The molecule has 0 radical (unpaired) electrons. The summed E-state index contributed by atoms with van der Waals surface area (Å²) in [6, 6.07) is 18.1. The molecule has 1 aliphatic rings. The van der Waals surface area contributed by atoms with Crippen molar-refractivity contribution in [1.82, 2.24) is 4.98 Å². The third-order valence-corrected chi connectivity index (χ3v) is 5.55. The number of para-hydroxylation sites is 1. The summed E-state index contributed by atoms with van der Waals surface area (Å²) in [4.78, 5) is 44.8. The van der Waals surface area contributed by atoms with Crippen LogP contribution in [0, 0.1) is 6.92 Å². The van der Waals surface area contributed by atoms with Crippen molar-refractivity contribution < 1.29 is 18.7 Å². The van der Waals surface area contributed by atoms with Gasteiger partial charge in [0.15, 0.2) is 5.43 Å². The Morgan fingerprint density at radius 1 is 1.00 bits per heavy atom. The van der Waals surface area contributed by atoms with Gasteiger partial charge >= 0.3 is 5.97 Å². The molecular weight excluding hydrogens is 408 g/mol. The zero-order valence-corrected chi connectivity index (χ0v) is 17.4. The second-order valence-corrected chi connectivity index (χ2v) is 7.50. The maximum atomic E-state index is 13.5. The highest BCUT2D eigenvalue weighted by atomic mass is 16.5. The molecule has 7 heteroatoms. The number of pyridine rings is 1. The fourth-order valence-corrected chi connectivity index (χ4v) is 4.05. The third kappa shape index (κ3) is 2.98. The molecule has 5 rings (SSSR count). The Balaban J connectivity index is 1.76. The van der Waals surface area contributed by atoms with Crippen molar-refractivity contribution in [1.29, 1.82) is 0 Å². The number of benzene rings is 2. The smallest absolute Gasteiger partial charge is 0.337 e. The van der Waals surface area contributed by atoms with E-state index in [4.69, 9.17) is 9.15 Å². The van der Waals surface area contributed by atoms with Gasteiger partial charge in [0, 0.05) is 5.69 Å². The Kier molecular flexibility index (Phi) is 4.59. The molecule has 32 heavy (non-hydrogen) atoms. The number of anilines is 1. The summed E-state index contributed by atoms with van der Waals surface area (Å²) in [5.74, 6) is -0.504. The lowest BCUT2D eigenvalue weighted by Gasteiger charge is -2.24. The minimum atomic E-state index is -0.751. The highest BCUT2D eigenvalue weighted by Gasteiger charge is 2.44. The summed E-state index contributed by atoms with van der Waals surface area (Å²) in [7, 11) is 1.31. The number of rotatable bonds is 3. The fraction of sp³-hybridized carbons (Fsp3) is 0.120. The normalized spacial score (nSPS) is 15.1. The largest absolute Gasteiger partial charge is 0.465 e. The van der Waals surface area contributed by atoms with Gasteiger partial charge in [-0.3, -0.25) is 14.5 Å². The molecule has 1 amide bonds. The molecule has 7 nitrogen and oxygen atoms in total. The molecule has 1 unspecified atom stereocenters. The fourth-order valence-electron chi connectivity index (χ4n) is 4.05. The van der Waals surface area contributed by atoms with Gasteiger partial charge in [0.05, 0.1) is 29.7 Å². The lowest BCUT2D eigenvalue weighted by molar-refractivity contribution is 0.0600. The monoisotopic (exact) mass is 426 g/mol. The molecule has 1 aliphatic heterocycles. The Morgan fingerprint density at radius 2 is 1.75 bits per heavy atom. The van der Waals surface area contributed by atoms with Crippen molar-refractivity contribution in [2.75, 3.05) is 12.0 Å². The number of hydrogen-bond donors (Lipinski definition) is 0. The van der Waals surface area contributed by atoms with E-state index in [1.165, 1.54) is 12.0 Å². The van der Waals surface area contributed by atoms with Crippen LogP contribution >= 0.6 is 0 Å². The van der Waals surface area contributed by atoms with E-state index < -0.39 is 17.9 Å². The number of aromatic nitrogens is 1. The first-order chi connectivity index (χ1) is 15.5. The molecule has 0 saturated carbocycles. The first-order valence-corrected chi connectivity index (χ1v) is 10.0. The molecule has 4 aromatic rings. The molecule has 3 heterocycles. The van der Waals surface area contributed by atoms with Crippen LogP contribution in [0.3, 0.4) is 0 Å². The number of aryl methyl sites for hydroxylation is 1. The van der Waals surface area contributed by atoms with E-state index in [2.05, 4.69) is 4.98 Å². The number of amides is 1. The molecule has 0 bridgehead atoms. The zero-order chi connectivity index (χ0) is 22.4. The van der Waals surface area contributed by atoms with Crippen molar-refractivity contribution >= 4 is 28.7 Å². The van der Waals surface area contributed by atoms with E-state index in [0.29, 0.717) is 27.9 Å². The number of methoxy groups -OCH3 is 1. The molecule has 1 atom stereocenters. The number of fused-ring (bicyclic) bond motifs is 2. The first kappa shape index (κ1) is 19.7. The molecule has 0 fully saturated rings. The molecule has 158 valence electrons. The van der Waals surface area contributed by atoms with Crippen molar-refractivity contribution in [3.05, 3.63) is 105 Å². The lowest BCUT2D eigenvalue weighted by Crippen LogP contribution is -2.30. The number of carbonyl (C=O) groups is 2. The second kappa shape index (κ2) is 7.46. The Bertz CT molecular complexity index is 1440. The summed E-state index contributed by atoms with van der Waals surface area (Å²) in [6.07, 6.45) is 0. The molecule has 0 spiro atoms. The molecule has 0 N–H and O–H groups in total. The van der Waals surface area contributed by atoms with Gasteiger partial charge in [-0.1, -0.05) is 30.3 Å². The van der Waals surface area contributed by atoms with Crippen LogP contribution in [-0.2, 0) is 4.74 Å². The Morgan fingerprint density at radius 3 is 2.47 bits per heavy atom.